The molecule has 0 unspecified atom stereocenters. The molecule has 2 rings (SSSR count). The topological polar surface area (TPSA) is 68.2 Å². The molecule has 0 saturated heterocycles. The van der Waals surface area contributed by atoms with Gasteiger partial charge in [0.15, 0.2) is 0 Å². The number of imidazole rings is 1. The summed E-state index contributed by atoms with van der Waals surface area (Å²) in [5.41, 5.74) is 1.54. The van der Waals surface area contributed by atoms with Crippen LogP contribution in [-0.2, 0) is 24.9 Å². The van der Waals surface area contributed by atoms with Crippen molar-refractivity contribution in [1.29, 1.82) is 0 Å². The van der Waals surface area contributed by atoms with Crippen molar-refractivity contribution < 1.29 is 9.53 Å². The molecular formula is C17H24N4O2. The SMILES string of the molecule is Cn1ccnc1CNc1ccc(CNC(=O)OC(C)(C)C)cc1. The lowest BCUT2D eigenvalue weighted by Gasteiger charge is -2.19. The fourth-order valence-electron chi connectivity index (χ4n) is 1.98. The molecule has 0 aliphatic carbocycles. The van der Waals surface area contributed by atoms with Crippen LogP contribution in [0.3, 0.4) is 0 Å². The van der Waals surface area contributed by atoms with Gasteiger partial charge < -0.3 is 19.9 Å². The average molecular weight is 316 g/mol. The molecule has 6 heteroatoms. The molecule has 1 aromatic carbocycles. The number of nitrogens with one attached hydrogen (secondary N) is 2. The molecule has 124 valence electrons. The largest absolute Gasteiger partial charge is 0.444 e. The quantitative estimate of drug-likeness (QED) is 0.889. The summed E-state index contributed by atoms with van der Waals surface area (Å²) in [7, 11) is 1.97. The van der Waals surface area contributed by atoms with E-state index in [2.05, 4.69) is 15.6 Å². The molecule has 0 aliphatic heterocycles. The molecule has 0 bridgehead atoms. The lowest BCUT2D eigenvalue weighted by molar-refractivity contribution is 0.0523. The Morgan fingerprint density at radius 2 is 1.91 bits per heavy atom. The number of amides is 1. The van der Waals surface area contributed by atoms with Crippen LogP contribution in [-0.4, -0.2) is 21.2 Å². The van der Waals surface area contributed by atoms with Crippen LogP contribution < -0.4 is 10.6 Å². The third kappa shape index (κ3) is 5.65. The monoisotopic (exact) mass is 316 g/mol. The molecule has 1 amide bonds. The summed E-state index contributed by atoms with van der Waals surface area (Å²) in [5, 5.41) is 6.06. The van der Waals surface area contributed by atoms with Crippen LogP contribution in [0.1, 0.15) is 32.2 Å². The smallest absolute Gasteiger partial charge is 0.407 e. The third-order valence-electron chi connectivity index (χ3n) is 3.16. The maximum Gasteiger partial charge on any atom is 0.407 e. The van der Waals surface area contributed by atoms with E-state index in [9.17, 15) is 4.79 Å². The van der Waals surface area contributed by atoms with Gasteiger partial charge >= 0.3 is 6.09 Å². The van der Waals surface area contributed by atoms with Crippen LogP contribution in [0, 0.1) is 0 Å². The van der Waals surface area contributed by atoms with Gasteiger partial charge in [0.05, 0.1) is 6.54 Å². The molecule has 0 atom stereocenters. The number of carbonyl (C=O) groups is 1. The molecule has 23 heavy (non-hydrogen) atoms. The van der Waals surface area contributed by atoms with Crippen LogP contribution in [0.5, 0.6) is 0 Å². The number of carbonyl (C=O) groups excluding carboxylic acids is 1. The van der Waals surface area contributed by atoms with E-state index in [0.29, 0.717) is 13.1 Å². The van der Waals surface area contributed by atoms with Crippen LogP contribution in [0.4, 0.5) is 10.5 Å². The molecule has 0 fully saturated rings. The molecule has 0 saturated carbocycles. The van der Waals surface area contributed by atoms with Crippen molar-refractivity contribution in [1.82, 2.24) is 14.9 Å². The number of hydrogen-bond acceptors (Lipinski definition) is 4. The van der Waals surface area contributed by atoms with Gasteiger partial charge in [0.1, 0.15) is 11.4 Å². The highest BCUT2D eigenvalue weighted by molar-refractivity contribution is 5.67. The lowest BCUT2D eigenvalue weighted by Crippen LogP contribution is -2.32. The first-order valence-electron chi connectivity index (χ1n) is 7.59. The molecule has 6 nitrogen and oxygen atoms in total. The Hall–Kier alpha value is -2.50. The molecule has 0 radical (unpaired) electrons. The molecule has 2 aromatic rings. The Morgan fingerprint density at radius 1 is 1.22 bits per heavy atom. The van der Waals surface area contributed by atoms with Crippen molar-refractivity contribution in [2.45, 2.75) is 39.5 Å². The van der Waals surface area contributed by atoms with Gasteiger partial charge in [-0.05, 0) is 38.5 Å². The van der Waals surface area contributed by atoms with Crippen molar-refractivity contribution in [2.24, 2.45) is 7.05 Å². The van der Waals surface area contributed by atoms with Gasteiger partial charge in [-0.1, -0.05) is 12.1 Å². The number of ether oxygens (including phenoxy) is 1. The van der Waals surface area contributed by atoms with Crippen LogP contribution in [0.2, 0.25) is 0 Å². The van der Waals surface area contributed by atoms with Gasteiger partial charge in [0, 0.05) is 31.7 Å². The van der Waals surface area contributed by atoms with Crippen LogP contribution in [0.15, 0.2) is 36.7 Å². The fourth-order valence-corrected chi connectivity index (χ4v) is 1.98. The molecule has 0 spiro atoms. The van der Waals surface area contributed by atoms with Gasteiger partial charge in [-0.2, -0.15) is 0 Å². The summed E-state index contributed by atoms with van der Waals surface area (Å²) in [6.07, 6.45) is 3.29. The Kier molecular flexibility index (Phi) is 5.26. The second kappa shape index (κ2) is 7.17. The molecule has 0 aliphatic rings. The summed E-state index contributed by atoms with van der Waals surface area (Å²) >= 11 is 0. The van der Waals surface area contributed by atoms with E-state index >= 15 is 0 Å². The summed E-state index contributed by atoms with van der Waals surface area (Å²) in [6, 6.07) is 7.90. The Bertz CT molecular complexity index is 641. The third-order valence-corrected chi connectivity index (χ3v) is 3.16. The minimum atomic E-state index is -0.483. The summed E-state index contributed by atoms with van der Waals surface area (Å²) in [6.45, 7) is 6.63. The molecule has 1 heterocycles. The lowest BCUT2D eigenvalue weighted by atomic mass is 10.2. The average Bonchev–Trinajstić information content (AvgIpc) is 2.87. The van der Waals surface area contributed by atoms with Crippen LogP contribution in [0.25, 0.3) is 0 Å². The standard InChI is InChI=1S/C17H24N4O2/c1-17(2,3)23-16(22)20-11-13-5-7-14(8-6-13)19-12-15-18-9-10-21(15)4/h5-10,19H,11-12H2,1-4H3,(H,20,22). The number of anilines is 1. The van der Waals surface area contributed by atoms with Gasteiger partial charge in [-0.25, -0.2) is 9.78 Å². The van der Waals surface area contributed by atoms with Crippen LogP contribution >= 0.6 is 0 Å². The number of hydrogen-bond donors (Lipinski definition) is 2. The van der Waals surface area contributed by atoms with Crippen molar-refractivity contribution in [3.63, 3.8) is 0 Å². The van der Waals surface area contributed by atoms with E-state index in [1.807, 2.05) is 62.8 Å². The highest BCUT2D eigenvalue weighted by Gasteiger charge is 2.15. The number of aryl methyl sites for hydroxylation is 1. The first-order valence-corrected chi connectivity index (χ1v) is 7.59. The fraction of sp³-hybridized carbons (Fsp3) is 0.412. The van der Waals surface area contributed by atoms with E-state index in [4.69, 9.17) is 4.74 Å². The Labute approximate surface area is 136 Å². The number of benzene rings is 1. The minimum absolute atomic E-state index is 0.408. The van der Waals surface area contributed by atoms with Gasteiger partial charge in [-0.15, -0.1) is 0 Å². The number of aromatic nitrogens is 2. The van der Waals surface area contributed by atoms with Crippen molar-refractivity contribution in [2.75, 3.05) is 5.32 Å². The normalized spacial score (nSPS) is 11.1. The van der Waals surface area contributed by atoms with Gasteiger partial charge in [0.2, 0.25) is 0 Å². The van der Waals surface area contributed by atoms with Crippen molar-refractivity contribution in [3.8, 4) is 0 Å². The molecular weight excluding hydrogens is 292 g/mol. The van der Waals surface area contributed by atoms with Crippen molar-refractivity contribution in [3.05, 3.63) is 48.0 Å². The highest BCUT2D eigenvalue weighted by Crippen LogP contribution is 2.11. The maximum absolute atomic E-state index is 11.6. The molecule has 2 N–H and O–H groups in total. The minimum Gasteiger partial charge on any atom is -0.444 e. The second-order valence-corrected chi connectivity index (χ2v) is 6.36. The summed E-state index contributed by atoms with van der Waals surface area (Å²) < 4.78 is 7.18. The van der Waals surface area contributed by atoms with E-state index in [1.165, 1.54) is 0 Å². The maximum atomic E-state index is 11.6. The highest BCUT2D eigenvalue weighted by atomic mass is 16.6. The zero-order chi connectivity index (χ0) is 16.9. The van der Waals surface area contributed by atoms with Gasteiger partial charge in [0.25, 0.3) is 0 Å². The van der Waals surface area contributed by atoms with Gasteiger partial charge in [-0.3, -0.25) is 0 Å². The summed E-state index contributed by atoms with van der Waals surface area (Å²) in [4.78, 5) is 15.9. The number of alkyl carbamates (subject to hydrolysis) is 1. The first-order chi connectivity index (χ1) is 10.8. The van der Waals surface area contributed by atoms with E-state index < -0.39 is 11.7 Å². The second-order valence-electron chi connectivity index (χ2n) is 6.36. The van der Waals surface area contributed by atoms with Crippen molar-refractivity contribution >= 4 is 11.8 Å². The predicted octanol–water partition coefficient (Wildman–Crippen LogP) is 3.06. The zero-order valence-electron chi connectivity index (χ0n) is 14.1. The van der Waals surface area contributed by atoms with E-state index in [0.717, 1.165) is 17.1 Å². The Balaban J connectivity index is 1.80. The molecule has 1 aromatic heterocycles. The number of nitrogens with zero attached hydrogens (tertiary/aromatic N) is 2. The summed E-state index contributed by atoms with van der Waals surface area (Å²) in [5.74, 6) is 0.973. The van der Waals surface area contributed by atoms with E-state index in [1.54, 1.807) is 6.20 Å². The Morgan fingerprint density at radius 3 is 2.48 bits per heavy atom. The predicted molar refractivity (Wildman–Crippen MR) is 90.1 cm³/mol. The van der Waals surface area contributed by atoms with E-state index in [-0.39, 0.29) is 0 Å². The first kappa shape index (κ1) is 16.9. The zero-order valence-corrected chi connectivity index (χ0v) is 14.1. The number of rotatable bonds is 5.